The number of hydrogen-bond acceptors (Lipinski definition) is 3. The lowest BCUT2D eigenvalue weighted by atomic mass is 10.2. The number of hydrazone groups is 1. The zero-order valence-corrected chi connectivity index (χ0v) is 11.9. The van der Waals surface area contributed by atoms with Crippen molar-refractivity contribution in [3.63, 3.8) is 0 Å². The summed E-state index contributed by atoms with van der Waals surface area (Å²) in [4.78, 5) is 0. The van der Waals surface area contributed by atoms with E-state index in [2.05, 4.69) is 15.8 Å². The molecule has 0 bridgehead atoms. The van der Waals surface area contributed by atoms with Crippen LogP contribution in [0.2, 0.25) is 5.02 Å². The van der Waals surface area contributed by atoms with Gasteiger partial charge in [0.05, 0.1) is 6.21 Å². The lowest BCUT2D eigenvalue weighted by molar-refractivity contribution is 0.474. The predicted molar refractivity (Wildman–Crippen MR) is 86.5 cm³/mol. The van der Waals surface area contributed by atoms with Gasteiger partial charge in [0, 0.05) is 16.3 Å². The fourth-order valence-corrected chi connectivity index (χ4v) is 1.75. The molecule has 2 rings (SSSR count). The molecule has 0 aliphatic heterocycles. The molecule has 0 aromatic heterocycles. The Hall–Kier alpha value is -2.11. The summed E-state index contributed by atoms with van der Waals surface area (Å²) in [7, 11) is 0. The van der Waals surface area contributed by atoms with Crippen LogP contribution >= 0.6 is 23.8 Å². The van der Waals surface area contributed by atoms with E-state index in [-0.39, 0.29) is 5.75 Å². The molecule has 20 heavy (non-hydrogen) atoms. The van der Waals surface area contributed by atoms with Crippen LogP contribution < -0.4 is 10.7 Å². The first-order valence-corrected chi connectivity index (χ1v) is 6.57. The average Bonchev–Trinajstić information content (AvgIpc) is 2.43. The van der Waals surface area contributed by atoms with Gasteiger partial charge in [-0.05, 0) is 48.6 Å². The van der Waals surface area contributed by atoms with E-state index in [0.29, 0.717) is 15.7 Å². The monoisotopic (exact) mass is 305 g/mol. The summed E-state index contributed by atoms with van der Waals surface area (Å²) >= 11 is 10.9. The second-order valence-corrected chi connectivity index (χ2v) is 4.73. The standard InChI is InChI=1S/C14H12ClN3OS/c15-11-5-7-12(8-6-11)17-14(20)18-16-9-10-3-1-2-4-13(10)19/h1-9,19H,(H2,17,18,20)/b16-9+. The van der Waals surface area contributed by atoms with Crippen LogP contribution in [-0.4, -0.2) is 16.4 Å². The van der Waals surface area contributed by atoms with Crippen LogP contribution in [0.4, 0.5) is 5.69 Å². The van der Waals surface area contributed by atoms with Gasteiger partial charge in [0.2, 0.25) is 0 Å². The lowest BCUT2D eigenvalue weighted by Gasteiger charge is -2.06. The molecule has 6 heteroatoms. The molecule has 0 aliphatic rings. The second kappa shape index (κ2) is 6.88. The van der Waals surface area contributed by atoms with Gasteiger partial charge in [-0.1, -0.05) is 23.7 Å². The Balaban J connectivity index is 1.89. The number of benzene rings is 2. The Morgan fingerprint density at radius 3 is 2.55 bits per heavy atom. The van der Waals surface area contributed by atoms with Crippen molar-refractivity contribution in [3.05, 3.63) is 59.1 Å². The number of phenolic OH excluding ortho intramolecular Hbond substituents is 1. The number of nitrogens with one attached hydrogen (secondary N) is 2. The van der Waals surface area contributed by atoms with Gasteiger partial charge in [-0.2, -0.15) is 5.10 Å². The minimum Gasteiger partial charge on any atom is -0.507 e. The highest BCUT2D eigenvalue weighted by Gasteiger charge is 1.97. The molecule has 0 spiro atoms. The Morgan fingerprint density at radius 1 is 1.15 bits per heavy atom. The molecule has 102 valence electrons. The van der Waals surface area contributed by atoms with Crippen molar-refractivity contribution in [1.82, 2.24) is 5.43 Å². The average molecular weight is 306 g/mol. The summed E-state index contributed by atoms with van der Waals surface area (Å²) < 4.78 is 0. The highest BCUT2D eigenvalue weighted by atomic mass is 35.5. The summed E-state index contributed by atoms with van der Waals surface area (Å²) in [5, 5.41) is 17.5. The molecule has 4 nitrogen and oxygen atoms in total. The van der Waals surface area contributed by atoms with Crippen LogP contribution in [0, 0.1) is 0 Å². The molecule has 2 aromatic carbocycles. The lowest BCUT2D eigenvalue weighted by Crippen LogP contribution is -2.23. The van der Waals surface area contributed by atoms with Crippen LogP contribution in [0.3, 0.4) is 0 Å². The first-order valence-electron chi connectivity index (χ1n) is 5.79. The molecule has 0 amide bonds. The van der Waals surface area contributed by atoms with Crippen molar-refractivity contribution in [1.29, 1.82) is 0 Å². The Labute approximate surface area is 127 Å². The Kier molecular flexibility index (Phi) is 4.92. The fourth-order valence-electron chi connectivity index (χ4n) is 1.45. The van der Waals surface area contributed by atoms with E-state index in [1.165, 1.54) is 6.21 Å². The van der Waals surface area contributed by atoms with Crippen LogP contribution in [0.1, 0.15) is 5.56 Å². The van der Waals surface area contributed by atoms with E-state index in [1.54, 1.807) is 30.3 Å². The maximum absolute atomic E-state index is 9.56. The number of phenols is 1. The van der Waals surface area contributed by atoms with E-state index in [0.717, 1.165) is 5.69 Å². The van der Waals surface area contributed by atoms with Gasteiger partial charge in [-0.3, -0.25) is 5.43 Å². The first-order chi connectivity index (χ1) is 9.65. The zero-order valence-electron chi connectivity index (χ0n) is 10.4. The number of halogens is 1. The fraction of sp³-hybridized carbons (Fsp3) is 0. The quantitative estimate of drug-likeness (QED) is 0.462. The normalized spacial score (nSPS) is 10.4. The van der Waals surface area contributed by atoms with Crippen molar-refractivity contribution in [2.45, 2.75) is 0 Å². The summed E-state index contributed by atoms with van der Waals surface area (Å²) in [5.41, 5.74) is 4.08. The van der Waals surface area contributed by atoms with Crippen molar-refractivity contribution >= 4 is 40.8 Å². The van der Waals surface area contributed by atoms with Crippen LogP contribution in [0.25, 0.3) is 0 Å². The number of para-hydroxylation sites is 1. The molecule has 0 radical (unpaired) electrons. The van der Waals surface area contributed by atoms with E-state index >= 15 is 0 Å². The molecule has 2 aromatic rings. The third-order valence-electron chi connectivity index (χ3n) is 2.41. The van der Waals surface area contributed by atoms with E-state index in [4.69, 9.17) is 23.8 Å². The third-order valence-corrected chi connectivity index (χ3v) is 2.85. The number of aromatic hydroxyl groups is 1. The molecule has 0 saturated carbocycles. The van der Waals surface area contributed by atoms with Crippen molar-refractivity contribution in [3.8, 4) is 5.75 Å². The maximum Gasteiger partial charge on any atom is 0.191 e. The molecule has 0 fully saturated rings. The SMILES string of the molecule is Oc1ccccc1/C=N/NC(=S)Nc1ccc(Cl)cc1. The number of rotatable bonds is 3. The van der Waals surface area contributed by atoms with Crippen LogP contribution in [0.5, 0.6) is 5.75 Å². The zero-order chi connectivity index (χ0) is 14.4. The first kappa shape index (κ1) is 14.3. The summed E-state index contributed by atoms with van der Waals surface area (Å²) in [5.74, 6) is 0.162. The Morgan fingerprint density at radius 2 is 1.85 bits per heavy atom. The number of anilines is 1. The molecular formula is C14H12ClN3OS. The molecule has 0 unspecified atom stereocenters. The summed E-state index contributed by atoms with van der Waals surface area (Å²) in [6.45, 7) is 0. The number of hydrogen-bond donors (Lipinski definition) is 3. The van der Waals surface area contributed by atoms with Crippen LogP contribution in [-0.2, 0) is 0 Å². The van der Waals surface area contributed by atoms with E-state index in [9.17, 15) is 5.11 Å². The number of thiocarbonyl (C=S) groups is 1. The minimum absolute atomic E-state index is 0.162. The second-order valence-electron chi connectivity index (χ2n) is 3.89. The van der Waals surface area contributed by atoms with Crippen molar-refractivity contribution < 1.29 is 5.11 Å². The topological polar surface area (TPSA) is 56.7 Å². The number of nitrogens with zero attached hydrogens (tertiary/aromatic N) is 1. The van der Waals surface area contributed by atoms with Gasteiger partial charge >= 0.3 is 0 Å². The molecule has 0 atom stereocenters. The highest BCUT2D eigenvalue weighted by Crippen LogP contribution is 2.13. The van der Waals surface area contributed by atoms with Gasteiger partial charge in [0.15, 0.2) is 5.11 Å². The van der Waals surface area contributed by atoms with Gasteiger partial charge in [-0.15, -0.1) is 0 Å². The molecular weight excluding hydrogens is 294 g/mol. The molecule has 0 heterocycles. The third kappa shape index (κ3) is 4.22. The van der Waals surface area contributed by atoms with E-state index in [1.807, 2.05) is 18.2 Å². The van der Waals surface area contributed by atoms with Gasteiger partial charge < -0.3 is 10.4 Å². The highest BCUT2D eigenvalue weighted by molar-refractivity contribution is 7.80. The molecule has 0 saturated heterocycles. The molecule has 0 aliphatic carbocycles. The largest absolute Gasteiger partial charge is 0.507 e. The van der Waals surface area contributed by atoms with E-state index < -0.39 is 0 Å². The maximum atomic E-state index is 9.56. The Bertz CT molecular complexity index is 629. The minimum atomic E-state index is 0.162. The van der Waals surface area contributed by atoms with Gasteiger partial charge in [-0.25, -0.2) is 0 Å². The van der Waals surface area contributed by atoms with Crippen molar-refractivity contribution in [2.75, 3.05) is 5.32 Å². The van der Waals surface area contributed by atoms with Crippen molar-refractivity contribution in [2.24, 2.45) is 5.10 Å². The van der Waals surface area contributed by atoms with Gasteiger partial charge in [0.1, 0.15) is 5.75 Å². The smallest absolute Gasteiger partial charge is 0.191 e. The predicted octanol–water partition coefficient (Wildman–Crippen LogP) is 3.37. The summed E-state index contributed by atoms with van der Waals surface area (Å²) in [6, 6.07) is 14.0. The summed E-state index contributed by atoms with van der Waals surface area (Å²) in [6.07, 6.45) is 1.49. The molecule has 3 N–H and O–H groups in total. The van der Waals surface area contributed by atoms with Crippen LogP contribution in [0.15, 0.2) is 53.6 Å². The van der Waals surface area contributed by atoms with Gasteiger partial charge in [0.25, 0.3) is 0 Å².